The zero-order chi connectivity index (χ0) is 18.2. The number of nitrogens with one attached hydrogen (secondary N) is 1. The summed E-state index contributed by atoms with van der Waals surface area (Å²) in [6, 6.07) is 3.13. The molecule has 2 heterocycles. The van der Waals surface area contributed by atoms with Crippen molar-refractivity contribution in [3.63, 3.8) is 0 Å². The van der Waals surface area contributed by atoms with Crippen LogP contribution in [-0.4, -0.2) is 62.9 Å². The molecule has 0 aromatic heterocycles. The fraction of sp³-hybridized carbons (Fsp3) is 0.600. The average Bonchev–Trinajstić information content (AvgIpc) is 3.08. The first-order chi connectivity index (χ1) is 11.7. The summed E-state index contributed by atoms with van der Waals surface area (Å²) >= 11 is 5.57. The molecule has 1 aromatic carbocycles. The fourth-order valence-electron chi connectivity index (χ4n) is 3.29. The third-order valence-corrected chi connectivity index (χ3v) is 6.93. The molecule has 0 spiro atoms. The van der Waals surface area contributed by atoms with Gasteiger partial charge in [-0.15, -0.1) is 12.4 Å². The Morgan fingerprint density at radius 3 is 2.35 bits per heavy atom. The van der Waals surface area contributed by atoms with Crippen molar-refractivity contribution < 1.29 is 21.6 Å². The van der Waals surface area contributed by atoms with Crippen LogP contribution >= 0.6 is 24.0 Å². The highest BCUT2D eigenvalue weighted by atomic mass is 35.5. The molecular weight excluding hydrogens is 414 g/mol. The topological polar surface area (TPSA) is 52.7 Å². The molecule has 148 valence electrons. The Bertz CT molecular complexity index is 732. The minimum Gasteiger partial charge on any atom is -0.315 e. The molecule has 2 fully saturated rings. The molecule has 0 amide bonds. The van der Waals surface area contributed by atoms with Gasteiger partial charge in [-0.2, -0.15) is 17.5 Å². The van der Waals surface area contributed by atoms with Crippen molar-refractivity contribution >= 4 is 34.0 Å². The van der Waals surface area contributed by atoms with Gasteiger partial charge in [0.05, 0.1) is 15.5 Å². The van der Waals surface area contributed by atoms with Gasteiger partial charge in [-0.25, -0.2) is 8.42 Å². The molecule has 5 nitrogen and oxygen atoms in total. The summed E-state index contributed by atoms with van der Waals surface area (Å²) < 4.78 is 65.6. The van der Waals surface area contributed by atoms with Crippen molar-refractivity contribution in [1.29, 1.82) is 0 Å². The van der Waals surface area contributed by atoms with Gasteiger partial charge in [0, 0.05) is 38.8 Å². The van der Waals surface area contributed by atoms with Crippen LogP contribution in [0.2, 0.25) is 5.02 Å². The highest BCUT2D eigenvalue weighted by molar-refractivity contribution is 7.89. The van der Waals surface area contributed by atoms with E-state index >= 15 is 0 Å². The summed E-state index contributed by atoms with van der Waals surface area (Å²) in [6.45, 7) is 3.52. The van der Waals surface area contributed by atoms with E-state index < -0.39 is 26.8 Å². The van der Waals surface area contributed by atoms with Gasteiger partial charge in [-0.1, -0.05) is 11.6 Å². The van der Waals surface area contributed by atoms with Crippen molar-refractivity contribution in [1.82, 2.24) is 14.5 Å². The second kappa shape index (κ2) is 8.20. The number of benzene rings is 1. The molecule has 0 aliphatic carbocycles. The van der Waals surface area contributed by atoms with Crippen LogP contribution < -0.4 is 5.32 Å². The van der Waals surface area contributed by atoms with Crippen molar-refractivity contribution in [2.75, 3.05) is 39.3 Å². The smallest absolute Gasteiger partial charge is 0.315 e. The predicted octanol–water partition coefficient (Wildman–Crippen LogP) is 2.45. The molecule has 1 aromatic rings. The zero-order valence-corrected chi connectivity index (χ0v) is 16.2. The average molecular weight is 434 g/mol. The van der Waals surface area contributed by atoms with E-state index in [1.165, 1.54) is 4.31 Å². The van der Waals surface area contributed by atoms with Gasteiger partial charge >= 0.3 is 6.18 Å². The monoisotopic (exact) mass is 433 g/mol. The molecule has 1 unspecified atom stereocenters. The highest BCUT2D eigenvalue weighted by Crippen LogP contribution is 2.36. The lowest BCUT2D eigenvalue weighted by atomic mass is 10.2. The van der Waals surface area contributed by atoms with E-state index in [-0.39, 0.29) is 30.4 Å². The van der Waals surface area contributed by atoms with E-state index in [9.17, 15) is 21.6 Å². The van der Waals surface area contributed by atoms with Crippen molar-refractivity contribution in [3.05, 3.63) is 28.8 Å². The lowest BCUT2D eigenvalue weighted by Crippen LogP contribution is -2.52. The Morgan fingerprint density at radius 2 is 1.81 bits per heavy atom. The van der Waals surface area contributed by atoms with Gasteiger partial charge in [0.1, 0.15) is 0 Å². The first-order valence-corrected chi connectivity index (χ1v) is 9.83. The Morgan fingerprint density at radius 1 is 1.15 bits per heavy atom. The van der Waals surface area contributed by atoms with Gasteiger partial charge < -0.3 is 5.32 Å². The Kier molecular flexibility index (Phi) is 6.85. The van der Waals surface area contributed by atoms with E-state index in [0.717, 1.165) is 31.6 Å². The van der Waals surface area contributed by atoms with E-state index in [1.807, 2.05) is 0 Å². The molecule has 11 heteroatoms. The van der Waals surface area contributed by atoms with E-state index in [1.54, 1.807) is 0 Å². The van der Waals surface area contributed by atoms with E-state index in [2.05, 4.69) is 10.2 Å². The minimum atomic E-state index is -4.70. The van der Waals surface area contributed by atoms with Gasteiger partial charge in [0.2, 0.25) is 10.0 Å². The largest absolute Gasteiger partial charge is 0.417 e. The minimum absolute atomic E-state index is 0. The first-order valence-electron chi connectivity index (χ1n) is 8.01. The SMILES string of the molecule is Cl.O=S(=O)(c1ccc(Cl)c(C(F)(F)F)c1)N1CCN(C2CCNC2)CC1. The van der Waals surface area contributed by atoms with Crippen molar-refractivity contribution in [2.24, 2.45) is 0 Å². The number of alkyl halides is 3. The van der Waals surface area contributed by atoms with E-state index in [4.69, 9.17) is 11.6 Å². The molecule has 26 heavy (non-hydrogen) atoms. The third-order valence-electron chi connectivity index (χ3n) is 4.70. The Labute approximate surface area is 161 Å². The standard InChI is InChI=1S/C15H19ClF3N3O2S.ClH/c16-14-2-1-12(9-13(14)15(17,18)19)25(23,24)22-7-5-21(6-8-22)11-3-4-20-10-11;/h1-2,9,11,20H,3-8,10H2;1H. The fourth-order valence-corrected chi connectivity index (χ4v) is 4.96. The number of hydrogen-bond donors (Lipinski definition) is 1. The lowest BCUT2D eigenvalue weighted by molar-refractivity contribution is -0.137. The maximum atomic E-state index is 13.0. The molecule has 3 rings (SSSR count). The predicted molar refractivity (Wildman–Crippen MR) is 95.3 cm³/mol. The summed E-state index contributed by atoms with van der Waals surface area (Å²) in [5.41, 5.74) is -1.13. The van der Waals surface area contributed by atoms with Crippen molar-refractivity contribution in [3.8, 4) is 0 Å². The summed E-state index contributed by atoms with van der Waals surface area (Å²) in [4.78, 5) is 1.86. The van der Waals surface area contributed by atoms with Crippen LogP contribution in [0.25, 0.3) is 0 Å². The summed E-state index contributed by atoms with van der Waals surface area (Å²) in [7, 11) is -3.98. The molecule has 0 radical (unpaired) electrons. The first kappa shape index (κ1) is 21.7. The molecule has 1 atom stereocenters. The van der Waals surface area contributed by atoms with Crippen LogP contribution in [0.5, 0.6) is 0 Å². The van der Waals surface area contributed by atoms with Crippen LogP contribution in [0.4, 0.5) is 13.2 Å². The molecule has 0 saturated carbocycles. The third kappa shape index (κ3) is 4.45. The van der Waals surface area contributed by atoms with Crippen molar-refractivity contribution in [2.45, 2.75) is 23.5 Å². The highest BCUT2D eigenvalue weighted by Gasteiger charge is 2.36. The van der Waals surface area contributed by atoms with E-state index in [0.29, 0.717) is 25.2 Å². The summed E-state index contributed by atoms with van der Waals surface area (Å²) in [5, 5.41) is 2.76. The molecule has 2 aliphatic heterocycles. The van der Waals surface area contributed by atoms with Crippen LogP contribution in [-0.2, 0) is 16.2 Å². The van der Waals surface area contributed by atoms with Gasteiger partial charge in [0.25, 0.3) is 0 Å². The maximum Gasteiger partial charge on any atom is 0.417 e. The maximum absolute atomic E-state index is 13.0. The van der Waals surface area contributed by atoms with Crippen LogP contribution in [0.3, 0.4) is 0 Å². The van der Waals surface area contributed by atoms with Crippen LogP contribution in [0.15, 0.2) is 23.1 Å². The van der Waals surface area contributed by atoms with Gasteiger partial charge in [-0.05, 0) is 31.2 Å². The van der Waals surface area contributed by atoms with Crippen LogP contribution in [0, 0.1) is 0 Å². The number of hydrogen-bond acceptors (Lipinski definition) is 4. The normalized spacial score (nSPS) is 23.0. The molecule has 0 bridgehead atoms. The summed E-state index contributed by atoms with van der Waals surface area (Å²) in [6.07, 6.45) is -3.67. The quantitative estimate of drug-likeness (QED) is 0.795. The number of rotatable bonds is 3. The second-order valence-electron chi connectivity index (χ2n) is 6.23. The summed E-state index contributed by atoms with van der Waals surface area (Å²) in [5.74, 6) is 0. The number of piperazine rings is 1. The number of nitrogens with zero attached hydrogens (tertiary/aromatic N) is 2. The molecule has 2 saturated heterocycles. The molecule has 1 N–H and O–H groups in total. The number of halogens is 5. The Hall–Kier alpha value is -0.580. The van der Waals surface area contributed by atoms with Crippen LogP contribution in [0.1, 0.15) is 12.0 Å². The van der Waals surface area contributed by atoms with Gasteiger partial charge in [0.15, 0.2) is 0 Å². The molecule has 2 aliphatic rings. The Balaban J connectivity index is 0.00000243. The van der Waals surface area contributed by atoms with Gasteiger partial charge in [-0.3, -0.25) is 4.90 Å². The molecular formula is C15H20Cl2F3N3O2S. The lowest BCUT2D eigenvalue weighted by Gasteiger charge is -2.37. The number of sulfonamides is 1. The second-order valence-corrected chi connectivity index (χ2v) is 8.57. The zero-order valence-electron chi connectivity index (χ0n) is 13.8.